The zero-order valence-electron chi connectivity index (χ0n) is 12.9. The molecule has 1 amide bonds. The van der Waals surface area contributed by atoms with Gasteiger partial charge in [0, 0.05) is 17.8 Å². The smallest absolute Gasteiger partial charge is 0.411 e. The summed E-state index contributed by atoms with van der Waals surface area (Å²) in [7, 11) is 0. The molecular weight excluding hydrogens is 326 g/mol. The predicted molar refractivity (Wildman–Crippen MR) is 91.7 cm³/mol. The van der Waals surface area contributed by atoms with Crippen molar-refractivity contribution < 1.29 is 19.4 Å². The lowest BCUT2D eigenvalue weighted by atomic mass is 10.1. The van der Waals surface area contributed by atoms with Crippen LogP contribution in [0.4, 0.5) is 4.79 Å². The van der Waals surface area contributed by atoms with Gasteiger partial charge in [-0.2, -0.15) is 0 Å². The monoisotopic (exact) mass is 343 g/mol. The lowest BCUT2D eigenvalue weighted by Gasteiger charge is -2.20. The molecule has 6 heteroatoms. The van der Waals surface area contributed by atoms with Gasteiger partial charge in [0.1, 0.15) is 12.6 Å². The van der Waals surface area contributed by atoms with Gasteiger partial charge in [0.25, 0.3) is 0 Å². The average molecular weight is 343 g/mol. The lowest BCUT2D eigenvalue weighted by Crippen LogP contribution is -2.40. The summed E-state index contributed by atoms with van der Waals surface area (Å²) in [4.78, 5) is 26.1. The summed E-state index contributed by atoms with van der Waals surface area (Å²) in [6.45, 7) is 0.412. The number of aliphatic carboxylic acids is 1. The Bertz CT molecular complexity index is 740. The van der Waals surface area contributed by atoms with Gasteiger partial charge in [-0.1, -0.05) is 36.4 Å². The fourth-order valence-corrected chi connectivity index (χ4v) is 3.35. The zero-order valence-corrected chi connectivity index (χ0v) is 13.7. The van der Waals surface area contributed by atoms with Crippen molar-refractivity contribution in [2.24, 2.45) is 0 Å². The number of hydrogen-bond donors (Lipinski definition) is 1. The number of amides is 1. The summed E-state index contributed by atoms with van der Waals surface area (Å²) in [6, 6.07) is 12.3. The van der Waals surface area contributed by atoms with Crippen molar-refractivity contribution in [1.29, 1.82) is 0 Å². The molecule has 1 atom stereocenters. The van der Waals surface area contributed by atoms with Crippen molar-refractivity contribution in [3.05, 3.63) is 63.9 Å². The molecule has 1 saturated heterocycles. The summed E-state index contributed by atoms with van der Waals surface area (Å²) in [5, 5.41) is 11.3. The van der Waals surface area contributed by atoms with E-state index in [-0.39, 0.29) is 13.2 Å². The topological polar surface area (TPSA) is 66.8 Å². The van der Waals surface area contributed by atoms with Gasteiger partial charge in [0.05, 0.1) is 0 Å². The Morgan fingerprint density at radius 2 is 2.04 bits per heavy atom. The number of carboxylic acid groups (broad SMARTS) is 1. The highest BCUT2D eigenvalue weighted by Crippen LogP contribution is 2.27. The number of carbonyl (C=O) groups is 2. The van der Waals surface area contributed by atoms with E-state index < -0.39 is 18.1 Å². The maximum absolute atomic E-state index is 12.3. The van der Waals surface area contributed by atoms with Gasteiger partial charge in [-0.05, 0) is 28.7 Å². The summed E-state index contributed by atoms with van der Waals surface area (Å²) >= 11 is 1.58. The second kappa shape index (κ2) is 7.31. The molecule has 0 radical (unpaired) electrons. The van der Waals surface area contributed by atoms with Gasteiger partial charge >= 0.3 is 12.1 Å². The lowest BCUT2D eigenvalue weighted by molar-refractivity contribution is -0.141. The molecule has 0 aliphatic carbocycles. The van der Waals surface area contributed by atoms with Gasteiger partial charge in [0.2, 0.25) is 0 Å². The first-order chi connectivity index (χ1) is 11.6. The van der Waals surface area contributed by atoms with Crippen LogP contribution in [0.3, 0.4) is 0 Å². The molecule has 5 nitrogen and oxygen atoms in total. The first kappa shape index (κ1) is 16.3. The molecule has 0 spiro atoms. The number of benzene rings is 1. The number of rotatable bonds is 4. The molecule has 1 fully saturated rings. The molecule has 1 aliphatic rings. The molecule has 2 aromatic rings. The molecule has 124 valence electrons. The Labute approximate surface area is 143 Å². The normalized spacial score (nSPS) is 18.8. The van der Waals surface area contributed by atoms with Crippen LogP contribution in [0.25, 0.3) is 6.08 Å². The van der Waals surface area contributed by atoms with E-state index in [1.54, 1.807) is 11.3 Å². The van der Waals surface area contributed by atoms with Gasteiger partial charge in [-0.25, -0.2) is 9.59 Å². The van der Waals surface area contributed by atoms with Crippen LogP contribution in [0, 0.1) is 0 Å². The molecule has 3 rings (SSSR count). The Kier molecular flexibility index (Phi) is 4.96. The molecular formula is C18H17NO4S. The van der Waals surface area contributed by atoms with Crippen LogP contribution in [-0.4, -0.2) is 34.7 Å². The quantitative estimate of drug-likeness (QED) is 0.920. The fraction of sp³-hybridized carbons (Fsp3) is 0.222. The van der Waals surface area contributed by atoms with E-state index in [2.05, 4.69) is 0 Å². The van der Waals surface area contributed by atoms with E-state index in [4.69, 9.17) is 4.74 Å². The second-order valence-corrected chi connectivity index (χ2v) is 6.52. The van der Waals surface area contributed by atoms with Crippen molar-refractivity contribution in [1.82, 2.24) is 4.90 Å². The summed E-state index contributed by atoms with van der Waals surface area (Å²) in [5.74, 6) is -1.01. The Morgan fingerprint density at radius 3 is 2.71 bits per heavy atom. The van der Waals surface area contributed by atoms with Crippen LogP contribution in [0.1, 0.15) is 16.9 Å². The second-order valence-electron chi connectivity index (χ2n) is 5.54. The number of nitrogens with zero attached hydrogens (tertiary/aromatic N) is 1. The maximum Gasteiger partial charge on any atom is 0.411 e. The highest BCUT2D eigenvalue weighted by Gasteiger charge is 2.37. The van der Waals surface area contributed by atoms with Gasteiger partial charge in [-0.15, -0.1) is 11.3 Å². The number of thiophene rings is 1. The van der Waals surface area contributed by atoms with Crippen LogP contribution in [0.15, 0.2) is 53.4 Å². The van der Waals surface area contributed by atoms with Crippen molar-refractivity contribution in [3.8, 4) is 0 Å². The summed E-state index contributed by atoms with van der Waals surface area (Å²) < 4.78 is 5.27. The number of carboxylic acids is 1. The number of carbonyl (C=O) groups excluding carboxylic acids is 1. The molecule has 2 heterocycles. The van der Waals surface area contributed by atoms with Crippen LogP contribution < -0.4 is 0 Å². The molecule has 0 saturated carbocycles. The SMILES string of the molecule is O=C(O)[C@@H]1C/C(=C/c2cccs2)CN1C(=O)OCc1ccccc1. The Morgan fingerprint density at radius 1 is 1.25 bits per heavy atom. The van der Waals surface area contributed by atoms with Gasteiger partial charge < -0.3 is 9.84 Å². The third kappa shape index (κ3) is 3.83. The minimum absolute atomic E-state index is 0.131. The summed E-state index contributed by atoms with van der Waals surface area (Å²) in [5.41, 5.74) is 1.78. The largest absolute Gasteiger partial charge is 0.480 e. The zero-order chi connectivity index (χ0) is 16.9. The molecule has 0 bridgehead atoms. The maximum atomic E-state index is 12.3. The van der Waals surface area contributed by atoms with Gasteiger partial charge in [0.15, 0.2) is 0 Å². The van der Waals surface area contributed by atoms with E-state index in [1.165, 1.54) is 4.90 Å². The fourth-order valence-electron chi connectivity index (χ4n) is 2.65. The third-order valence-electron chi connectivity index (χ3n) is 3.82. The van der Waals surface area contributed by atoms with Crippen molar-refractivity contribution in [2.75, 3.05) is 6.54 Å². The minimum atomic E-state index is -1.01. The van der Waals surface area contributed by atoms with Gasteiger partial charge in [-0.3, -0.25) is 4.90 Å². The van der Waals surface area contributed by atoms with Crippen molar-refractivity contribution in [3.63, 3.8) is 0 Å². The van der Waals surface area contributed by atoms with E-state index in [9.17, 15) is 14.7 Å². The molecule has 1 aliphatic heterocycles. The van der Waals surface area contributed by atoms with Crippen LogP contribution in [-0.2, 0) is 16.1 Å². The van der Waals surface area contributed by atoms with E-state index >= 15 is 0 Å². The van der Waals surface area contributed by atoms with E-state index in [0.29, 0.717) is 6.42 Å². The van der Waals surface area contributed by atoms with E-state index in [1.807, 2.05) is 53.9 Å². The van der Waals surface area contributed by atoms with Crippen molar-refractivity contribution in [2.45, 2.75) is 19.1 Å². The first-order valence-corrected chi connectivity index (χ1v) is 8.44. The summed E-state index contributed by atoms with van der Waals surface area (Å²) in [6.07, 6.45) is 1.68. The Balaban J connectivity index is 1.68. The van der Waals surface area contributed by atoms with Crippen LogP contribution in [0.2, 0.25) is 0 Å². The number of likely N-dealkylation sites (tertiary alicyclic amines) is 1. The predicted octanol–water partition coefficient (Wildman–Crippen LogP) is 3.63. The molecule has 1 N–H and O–H groups in total. The van der Waals surface area contributed by atoms with Crippen molar-refractivity contribution >= 4 is 29.5 Å². The number of hydrogen-bond acceptors (Lipinski definition) is 4. The first-order valence-electron chi connectivity index (χ1n) is 7.56. The highest BCUT2D eigenvalue weighted by atomic mass is 32.1. The molecule has 24 heavy (non-hydrogen) atoms. The number of ether oxygens (including phenoxy) is 1. The minimum Gasteiger partial charge on any atom is -0.480 e. The Hall–Kier alpha value is -2.60. The third-order valence-corrected chi connectivity index (χ3v) is 4.64. The van der Waals surface area contributed by atoms with Crippen LogP contribution in [0.5, 0.6) is 0 Å². The van der Waals surface area contributed by atoms with E-state index in [0.717, 1.165) is 16.0 Å². The average Bonchev–Trinajstić information content (AvgIpc) is 3.24. The molecule has 1 aromatic heterocycles. The molecule has 1 aromatic carbocycles. The van der Waals surface area contributed by atoms with Crippen LogP contribution >= 0.6 is 11.3 Å². The molecule has 0 unspecified atom stereocenters. The highest BCUT2D eigenvalue weighted by molar-refractivity contribution is 7.10. The standard InChI is InChI=1S/C18H17NO4S/c20-17(21)16-10-14(9-15-7-4-8-24-15)11-19(16)18(22)23-12-13-5-2-1-3-6-13/h1-9,16H,10-12H2,(H,20,21)/b14-9-/t16-/m0/s1.